The van der Waals surface area contributed by atoms with Gasteiger partial charge in [-0.1, -0.05) is 37.0 Å². The van der Waals surface area contributed by atoms with E-state index in [1.807, 2.05) is 17.4 Å². The molecule has 1 heteroatoms. The highest BCUT2D eigenvalue weighted by molar-refractivity contribution is 7.11. The second kappa shape index (κ2) is 4.45. The Morgan fingerprint density at radius 2 is 2.27 bits per heavy atom. The van der Waals surface area contributed by atoms with Crippen molar-refractivity contribution >= 4 is 29.6 Å². The maximum Gasteiger partial charge on any atom is 0.0348 e. The quantitative estimate of drug-likeness (QED) is 0.674. The number of hydrogen-bond donors (Lipinski definition) is 0. The molecule has 1 aromatic heterocycles. The van der Waals surface area contributed by atoms with Crippen molar-refractivity contribution in [3.05, 3.63) is 51.1 Å². The lowest BCUT2D eigenvalue weighted by atomic mass is 10.1. The van der Waals surface area contributed by atoms with E-state index >= 15 is 0 Å². The molecule has 0 fully saturated rings. The molecule has 0 unspecified atom stereocenters. The third-order valence-corrected chi connectivity index (χ3v) is 3.66. The van der Waals surface area contributed by atoms with Crippen LogP contribution >= 0.6 is 11.3 Å². The molecule has 0 spiro atoms. The number of thiophene rings is 1. The normalized spacial score (nSPS) is 16.6. The Hall–Kier alpha value is -1.34. The largest absolute Gasteiger partial charge is 0.136 e. The molecule has 2 rings (SSSR count). The summed E-state index contributed by atoms with van der Waals surface area (Å²) in [5.41, 5.74) is 1.45. The third-order valence-electron chi connectivity index (χ3n) is 2.48. The van der Waals surface area contributed by atoms with Crippen molar-refractivity contribution in [1.82, 2.24) is 0 Å². The van der Waals surface area contributed by atoms with Crippen LogP contribution in [0.1, 0.15) is 17.4 Å². The van der Waals surface area contributed by atoms with E-state index in [9.17, 15) is 0 Å². The Morgan fingerprint density at radius 3 is 3.00 bits per heavy atom. The van der Waals surface area contributed by atoms with E-state index in [4.69, 9.17) is 0 Å². The SMILES string of the molecule is C=C/C=c1/sc2c(/c1=C/C)CC=CC=C2. The fraction of sp³-hybridized carbons (Fsp3) is 0.143. The fourth-order valence-corrected chi connectivity index (χ4v) is 3.03. The Bertz CT molecular complexity index is 539. The van der Waals surface area contributed by atoms with E-state index in [0.29, 0.717) is 0 Å². The van der Waals surface area contributed by atoms with Gasteiger partial charge in [-0.3, -0.25) is 0 Å². The van der Waals surface area contributed by atoms with Gasteiger partial charge >= 0.3 is 0 Å². The molecule has 1 aliphatic carbocycles. The van der Waals surface area contributed by atoms with Gasteiger partial charge in [-0.2, -0.15) is 0 Å². The van der Waals surface area contributed by atoms with Crippen molar-refractivity contribution in [3.8, 4) is 0 Å². The van der Waals surface area contributed by atoms with Crippen LogP contribution in [0.3, 0.4) is 0 Å². The number of fused-ring (bicyclic) bond motifs is 1. The van der Waals surface area contributed by atoms with Crippen molar-refractivity contribution in [2.75, 3.05) is 0 Å². The van der Waals surface area contributed by atoms with Gasteiger partial charge < -0.3 is 0 Å². The van der Waals surface area contributed by atoms with E-state index in [0.717, 1.165) is 6.42 Å². The highest BCUT2D eigenvalue weighted by atomic mass is 32.1. The lowest BCUT2D eigenvalue weighted by Gasteiger charge is -1.92. The van der Waals surface area contributed by atoms with Crippen LogP contribution in [0.5, 0.6) is 0 Å². The van der Waals surface area contributed by atoms with Crippen molar-refractivity contribution in [1.29, 1.82) is 0 Å². The molecular formula is C14H14S. The standard InChI is InChI=1S/C14H14S/c1-3-8-13-11(4-2)12-9-6-5-7-10-14(12)15-13/h3-8,10H,1,9H2,2H3/b11-4-,13-8+. The first-order valence-corrected chi connectivity index (χ1v) is 5.92. The van der Waals surface area contributed by atoms with Gasteiger partial charge in [-0.25, -0.2) is 0 Å². The van der Waals surface area contributed by atoms with Crippen LogP contribution in [0.2, 0.25) is 0 Å². The van der Waals surface area contributed by atoms with Crippen LogP contribution in [0, 0.1) is 0 Å². The molecule has 0 saturated heterocycles. The molecule has 15 heavy (non-hydrogen) atoms. The van der Waals surface area contributed by atoms with Gasteiger partial charge in [0.15, 0.2) is 0 Å². The van der Waals surface area contributed by atoms with Crippen LogP contribution < -0.4 is 9.75 Å². The zero-order valence-corrected chi connectivity index (χ0v) is 9.68. The molecular weight excluding hydrogens is 200 g/mol. The lowest BCUT2D eigenvalue weighted by Crippen LogP contribution is -2.20. The van der Waals surface area contributed by atoms with Crippen LogP contribution in [0.25, 0.3) is 18.2 Å². The predicted molar refractivity (Wildman–Crippen MR) is 70.2 cm³/mol. The van der Waals surface area contributed by atoms with E-state index in [1.165, 1.54) is 20.2 Å². The zero-order chi connectivity index (χ0) is 10.7. The van der Waals surface area contributed by atoms with E-state index < -0.39 is 0 Å². The second-order valence-electron chi connectivity index (χ2n) is 3.41. The minimum absolute atomic E-state index is 1.03. The summed E-state index contributed by atoms with van der Waals surface area (Å²) < 4.78 is 1.32. The van der Waals surface area contributed by atoms with Crippen LogP contribution in [0.4, 0.5) is 0 Å². The molecule has 0 N–H and O–H groups in total. The van der Waals surface area contributed by atoms with Gasteiger partial charge in [0.2, 0.25) is 0 Å². The number of hydrogen-bond acceptors (Lipinski definition) is 1. The molecule has 1 heterocycles. The molecule has 76 valence electrons. The van der Waals surface area contributed by atoms with Gasteiger partial charge in [-0.05, 0) is 36.3 Å². The molecule has 0 saturated carbocycles. The van der Waals surface area contributed by atoms with E-state index in [-0.39, 0.29) is 0 Å². The summed E-state index contributed by atoms with van der Waals surface area (Å²) in [5, 5.41) is 1.37. The molecule has 0 bridgehead atoms. The molecule has 0 aliphatic heterocycles. The summed E-state index contributed by atoms with van der Waals surface area (Å²) >= 11 is 1.84. The van der Waals surface area contributed by atoms with Gasteiger partial charge in [0, 0.05) is 9.41 Å². The summed E-state index contributed by atoms with van der Waals surface area (Å²) in [4.78, 5) is 1.38. The van der Waals surface area contributed by atoms with Crippen LogP contribution in [-0.4, -0.2) is 0 Å². The smallest absolute Gasteiger partial charge is 0.0348 e. The first-order chi connectivity index (χ1) is 7.36. The number of rotatable bonds is 1. The third kappa shape index (κ3) is 1.88. The molecule has 0 nitrogen and oxygen atoms in total. The van der Waals surface area contributed by atoms with E-state index in [2.05, 4.69) is 50.0 Å². The Labute approximate surface area is 94.3 Å². The molecule has 1 aliphatic rings. The molecule has 0 amide bonds. The molecule has 1 aromatic rings. The maximum atomic E-state index is 3.76. The number of allylic oxidation sites excluding steroid dienone is 4. The zero-order valence-electron chi connectivity index (χ0n) is 8.86. The molecule has 0 radical (unpaired) electrons. The highest BCUT2D eigenvalue weighted by Crippen LogP contribution is 2.14. The van der Waals surface area contributed by atoms with Gasteiger partial charge in [-0.15, -0.1) is 11.3 Å². The monoisotopic (exact) mass is 214 g/mol. The minimum atomic E-state index is 1.03. The predicted octanol–water partition coefficient (Wildman–Crippen LogP) is 2.64. The first-order valence-electron chi connectivity index (χ1n) is 5.11. The summed E-state index contributed by atoms with van der Waals surface area (Å²) in [5.74, 6) is 0. The van der Waals surface area contributed by atoms with Crippen LogP contribution in [0.15, 0.2) is 30.9 Å². The Balaban J connectivity index is 2.77. The second-order valence-corrected chi connectivity index (χ2v) is 4.49. The highest BCUT2D eigenvalue weighted by Gasteiger charge is 2.06. The fourth-order valence-electron chi connectivity index (χ4n) is 1.82. The summed E-state index contributed by atoms with van der Waals surface area (Å²) in [6.07, 6.45) is 15.8. The van der Waals surface area contributed by atoms with E-state index in [1.54, 1.807) is 0 Å². The Morgan fingerprint density at radius 1 is 1.40 bits per heavy atom. The molecule has 0 aromatic carbocycles. The van der Waals surface area contributed by atoms with Gasteiger partial charge in [0.1, 0.15) is 0 Å². The maximum absolute atomic E-state index is 3.76. The minimum Gasteiger partial charge on any atom is -0.136 e. The summed E-state index contributed by atoms with van der Waals surface area (Å²) in [6, 6.07) is 0. The van der Waals surface area contributed by atoms with Crippen molar-refractivity contribution < 1.29 is 0 Å². The lowest BCUT2D eigenvalue weighted by molar-refractivity contribution is 1.26. The van der Waals surface area contributed by atoms with Crippen molar-refractivity contribution in [2.24, 2.45) is 0 Å². The molecule has 0 atom stereocenters. The topological polar surface area (TPSA) is 0 Å². The summed E-state index contributed by atoms with van der Waals surface area (Å²) in [6.45, 7) is 5.86. The Kier molecular flexibility index (Phi) is 3.02. The van der Waals surface area contributed by atoms with Crippen molar-refractivity contribution in [3.63, 3.8) is 0 Å². The average molecular weight is 214 g/mol. The average Bonchev–Trinajstić information content (AvgIpc) is 2.43. The van der Waals surface area contributed by atoms with Crippen molar-refractivity contribution in [2.45, 2.75) is 13.3 Å². The van der Waals surface area contributed by atoms with Gasteiger partial charge in [0.25, 0.3) is 0 Å². The van der Waals surface area contributed by atoms with Crippen LogP contribution in [-0.2, 0) is 6.42 Å². The first kappa shape index (κ1) is 10.2. The van der Waals surface area contributed by atoms with Gasteiger partial charge in [0.05, 0.1) is 0 Å². The summed E-state index contributed by atoms with van der Waals surface area (Å²) in [7, 11) is 0.